The molecular weight excluding hydrogens is 530 g/mol. The van der Waals surface area contributed by atoms with Crippen molar-refractivity contribution in [3.05, 3.63) is 70.1 Å². The van der Waals surface area contributed by atoms with Crippen LogP contribution in [0.15, 0.2) is 42.7 Å². The Morgan fingerprint density at radius 1 is 1.20 bits per heavy atom. The van der Waals surface area contributed by atoms with Gasteiger partial charge in [-0.15, -0.1) is 0 Å². The van der Waals surface area contributed by atoms with Crippen LogP contribution in [0.5, 0.6) is 5.75 Å². The summed E-state index contributed by atoms with van der Waals surface area (Å²) in [5.74, 6) is 7.39. The fraction of sp³-hybridized carbons (Fsp3) is 0.310. The molecule has 2 fully saturated rings. The third-order valence-electron chi connectivity index (χ3n) is 7.34. The van der Waals surface area contributed by atoms with Gasteiger partial charge in [0.25, 0.3) is 0 Å². The zero-order valence-electron chi connectivity index (χ0n) is 21.8. The SMILES string of the molecule is COc1ccc(CNc2c(C#N)c(C#Cc3cc4ncn(C5CC5)c4cc3Cl)nn2[C@H]2CCN(C(=O)O)C2)cc1. The highest BCUT2D eigenvalue weighted by Gasteiger charge is 2.31. The second-order valence-corrected chi connectivity index (χ2v) is 10.4. The molecule has 1 atom stereocenters. The molecule has 10 nitrogen and oxygen atoms in total. The first-order valence-corrected chi connectivity index (χ1v) is 13.4. The van der Waals surface area contributed by atoms with Crippen LogP contribution >= 0.6 is 11.6 Å². The summed E-state index contributed by atoms with van der Waals surface area (Å²) in [6.45, 7) is 1.10. The summed E-state index contributed by atoms with van der Waals surface area (Å²) < 4.78 is 9.09. The van der Waals surface area contributed by atoms with Gasteiger partial charge in [0.15, 0.2) is 5.69 Å². The van der Waals surface area contributed by atoms with Crippen LogP contribution in [0.3, 0.4) is 0 Å². The zero-order chi connectivity index (χ0) is 27.8. The van der Waals surface area contributed by atoms with Crippen LogP contribution in [0, 0.1) is 23.2 Å². The second-order valence-electron chi connectivity index (χ2n) is 9.96. The number of likely N-dealkylation sites (tertiary alicyclic amines) is 1. The van der Waals surface area contributed by atoms with Gasteiger partial charge in [-0.1, -0.05) is 29.7 Å². The van der Waals surface area contributed by atoms with E-state index in [2.05, 4.69) is 32.8 Å². The summed E-state index contributed by atoms with van der Waals surface area (Å²) in [6, 6.07) is 13.9. The number of hydrogen-bond acceptors (Lipinski definition) is 6. The molecule has 0 bridgehead atoms. The molecule has 40 heavy (non-hydrogen) atoms. The molecule has 2 aromatic heterocycles. The number of halogens is 1. The predicted molar refractivity (Wildman–Crippen MR) is 150 cm³/mol. The van der Waals surface area contributed by atoms with Gasteiger partial charge in [-0.05, 0) is 55.0 Å². The van der Waals surface area contributed by atoms with E-state index in [1.54, 1.807) is 11.8 Å². The Balaban J connectivity index is 1.34. The van der Waals surface area contributed by atoms with Crippen LogP contribution in [0.1, 0.15) is 53.7 Å². The fourth-order valence-corrected chi connectivity index (χ4v) is 5.23. The molecule has 1 aliphatic carbocycles. The number of carboxylic acid groups (broad SMARTS) is 1. The summed E-state index contributed by atoms with van der Waals surface area (Å²) in [7, 11) is 1.61. The van der Waals surface area contributed by atoms with Crippen molar-refractivity contribution in [3.63, 3.8) is 0 Å². The van der Waals surface area contributed by atoms with E-state index >= 15 is 0 Å². The Bertz CT molecular complexity index is 1700. The molecule has 11 heteroatoms. The minimum absolute atomic E-state index is 0.233. The summed E-state index contributed by atoms with van der Waals surface area (Å²) >= 11 is 6.61. The number of benzene rings is 2. The van der Waals surface area contributed by atoms with E-state index in [-0.39, 0.29) is 12.6 Å². The predicted octanol–water partition coefficient (Wildman–Crippen LogP) is 5.04. The maximum atomic E-state index is 11.6. The number of methoxy groups -OCH3 is 1. The molecule has 1 amide bonds. The molecule has 1 saturated carbocycles. The monoisotopic (exact) mass is 555 g/mol. The van der Waals surface area contributed by atoms with Gasteiger partial charge in [0.05, 0.1) is 35.5 Å². The number of amides is 1. The highest BCUT2D eigenvalue weighted by Crippen LogP contribution is 2.38. The molecule has 1 aliphatic heterocycles. The van der Waals surface area contributed by atoms with E-state index in [0.717, 1.165) is 35.2 Å². The molecule has 2 aliphatic rings. The topological polar surface area (TPSA) is 121 Å². The molecule has 2 aromatic carbocycles. The van der Waals surface area contributed by atoms with Crippen LogP contribution in [-0.2, 0) is 6.54 Å². The number of carbonyl (C=O) groups is 1. The van der Waals surface area contributed by atoms with E-state index in [1.807, 2.05) is 42.7 Å². The normalized spacial score (nSPS) is 16.4. The molecular formula is C29H26ClN7O3. The number of nitriles is 1. The Morgan fingerprint density at radius 3 is 2.67 bits per heavy atom. The lowest BCUT2D eigenvalue weighted by atomic mass is 10.1. The van der Waals surface area contributed by atoms with E-state index < -0.39 is 6.09 Å². The maximum absolute atomic E-state index is 11.6. The molecule has 0 radical (unpaired) electrons. The van der Waals surface area contributed by atoms with Gasteiger partial charge in [-0.25, -0.2) is 14.5 Å². The van der Waals surface area contributed by atoms with Crippen molar-refractivity contribution in [3.8, 4) is 23.7 Å². The number of fused-ring (bicyclic) bond motifs is 1. The summed E-state index contributed by atoms with van der Waals surface area (Å²) in [4.78, 5) is 17.4. The number of aromatic nitrogens is 4. The van der Waals surface area contributed by atoms with Crippen LogP contribution in [0.2, 0.25) is 5.02 Å². The third-order valence-corrected chi connectivity index (χ3v) is 7.65. The average Bonchev–Trinajstić information content (AvgIpc) is 3.38. The van der Waals surface area contributed by atoms with Crippen LogP contribution < -0.4 is 10.1 Å². The summed E-state index contributed by atoms with van der Waals surface area (Å²) in [5.41, 5.74) is 3.97. The largest absolute Gasteiger partial charge is 0.497 e. The van der Waals surface area contributed by atoms with Gasteiger partial charge in [-0.2, -0.15) is 10.4 Å². The first-order chi connectivity index (χ1) is 19.4. The summed E-state index contributed by atoms with van der Waals surface area (Å²) in [5, 5.41) is 28.2. The lowest BCUT2D eigenvalue weighted by Gasteiger charge is -2.16. The van der Waals surface area contributed by atoms with E-state index in [9.17, 15) is 15.2 Å². The molecule has 6 rings (SSSR count). The van der Waals surface area contributed by atoms with Crippen LogP contribution in [0.25, 0.3) is 11.0 Å². The lowest BCUT2D eigenvalue weighted by molar-refractivity contribution is 0.154. The van der Waals surface area contributed by atoms with E-state index in [1.165, 1.54) is 4.90 Å². The Labute approximate surface area is 235 Å². The van der Waals surface area contributed by atoms with Crippen LogP contribution in [-0.4, -0.2) is 55.6 Å². The number of nitrogens with zero attached hydrogens (tertiary/aromatic N) is 6. The van der Waals surface area contributed by atoms with Crippen molar-refractivity contribution >= 4 is 34.5 Å². The Morgan fingerprint density at radius 2 is 2.00 bits per heavy atom. The molecule has 1 saturated heterocycles. The Hall–Kier alpha value is -4.67. The van der Waals surface area contributed by atoms with Gasteiger partial charge in [0.2, 0.25) is 0 Å². The zero-order valence-corrected chi connectivity index (χ0v) is 22.5. The highest BCUT2D eigenvalue weighted by molar-refractivity contribution is 6.32. The molecule has 4 aromatic rings. The minimum atomic E-state index is -0.975. The number of imidazole rings is 1. The van der Waals surface area contributed by atoms with Gasteiger partial charge in [0.1, 0.15) is 23.2 Å². The van der Waals surface area contributed by atoms with Gasteiger partial charge in [-0.3, -0.25) is 0 Å². The second kappa shape index (κ2) is 10.5. The molecule has 3 heterocycles. The number of ether oxygens (including phenoxy) is 1. The molecule has 2 N–H and O–H groups in total. The highest BCUT2D eigenvalue weighted by atomic mass is 35.5. The fourth-order valence-electron chi connectivity index (χ4n) is 5.02. The minimum Gasteiger partial charge on any atom is -0.497 e. The number of nitrogens with one attached hydrogen (secondary N) is 1. The van der Waals surface area contributed by atoms with Gasteiger partial charge in [0, 0.05) is 31.2 Å². The number of rotatable bonds is 6. The summed E-state index contributed by atoms with van der Waals surface area (Å²) in [6.07, 6.45) is 3.73. The smallest absolute Gasteiger partial charge is 0.407 e. The third kappa shape index (κ3) is 4.90. The quantitative estimate of drug-likeness (QED) is 0.320. The molecule has 0 spiro atoms. The van der Waals surface area contributed by atoms with E-state index in [0.29, 0.717) is 53.2 Å². The van der Waals surface area contributed by atoms with Crippen molar-refractivity contribution in [1.82, 2.24) is 24.2 Å². The first-order valence-electron chi connectivity index (χ1n) is 13.0. The van der Waals surface area contributed by atoms with Crippen molar-refractivity contribution < 1.29 is 14.6 Å². The standard InChI is InChI=1S/C29H26ClN7O3/c1-40-22-7-2-18(3-8-22)15-32-28-23(14-31)25(34-37(28)21-10-11-35(16-21)29(38)39)9-4-19-12-26-27(13-24(19)30)36(17-33-26)20-5-6-20/h2-3,7-8,12-13,17,20-21,32H,5-6,10-11,15-16H2,1H3,(H,38,39)/t21-/m0/s1. The van der Waals surface area contributed by atoms with Gasteiger partial charge >= 0.3 is 6.09 Å². The molecule has 0 unspecified atom stereocenters. The van der Waals surface area contributed by atoms with E-state index in [4.69, 9.17) is 21.4 Å². The van der Waals surface area contributed by atoms with Crippen molar-refractivity contribution in [2.24, 2.45) is 0 Å². The lowest BCUT2D eigenvalue weighted by Crippen LogP contribution is -2.27. The van der Waals surface area contributed by atoms with Crippen molar-refractivity contribution in [2.45, 2.75) is 37.9 Å². The van der Waals surface area contributed by atoms with Crippen molar-refractivity contribution in [1.29, 1.82) is 5.26 Å². The number of anilines is 1. The Kier molecular flexibility index (Phi) is 6.71. The first kappa shape index (κ1) is 25.6. The number of hydrogen-bond donors (Lipinski definition) is 2. The van der Waals surface area contributed by atoms with Crippen LogP contribution in [0.4, 0.5) is 10.6 Å². The maximum Gasteiger partial charge on any atom is 0.407 e. The van der Waals surface area contributed by atoms with Gasteiger partial charge < -0.3 is 24.6 Å². The average molecular weight is 556 g/mol. The van der Waals surface area contributed by atoms with Crippen molar-refractivity contribution in [2.75, 3.05) is 25.5 Å². The molecule has 202 valence electrons.